The summed E-state index contributed by atoms with van der Waals surface area (Å²) < 4.78 is 27.2. The Morgan fingerprint density at radius 3 is 2.79 bits per heavy atom. The van der Waals surface area contributed by atoms with Crippen molar-refractivity contribution >= 4 is 5.95 Å². The molecule has 1 atom stereocenters. The minimum atomic E-state index is -2.96. The minimum absolute atomic E-state index is 0.155. The molecule has 0 amide bonds. The third-order valence-corrected chi connectivity index (χ3v) is 2.54. The maximum atomic E-state index is 13.6. The maximum absolute atomic E-state index is 13.6. The summed E-state index contributed by atoms with van der Waals surface area (Å²) in [5.74, 6) is 2.70. The zero-order valence-electron chi connectivity index (χ0n) is 10.6. The Morgan fingerprint density at radius 1 is 1.32 bits per heavy atom. The van der Waals surface area contributed by atoms with E-state index in [1.807, 2.05) is 0 Å². The molecule has 3 nitrogen and oxygen atoms in total. The molecule has 98 valence electrons. The lowest BCUT2D eigenvalue weighted by Gasteiger charge is -2.24. The van der Waals surface area contributed by atoms with E-state index >= 15 is 0 Å². The van der Waals surface area contributed by atoms with Gasteiger partial charge in [0.25, 0.3) is 5.92 Å². The van der Waals surface area contributed by atoms with E-state index in [4.69, 9.17) is 0 Å². The summed E-state index contributed by atoms with van der Waals surface area (Å²) in [6, 6.07) is 0.554. The fraction of sp³-hybridized carbons (Fsp3) is 0.286. The molecule has 1 aromatic heterocycles. The van der Waals surface area contributed by atoms with Gasteiger partial charge in [0, 0.05) is 5.69 Å². The minimum Gasteiger partial charge on any atom is -0.342 e. The van der Waals surface area contributed by atoms with E-state index in [0.29, 0.717) is 11.4 Å². The molecular weight excluding hydrogens is 248 g/mol. The highest BCUT2D eigenvalue weighted by molar-refractivity contribution is 5.39. The summed E-state index contributed by atoms with van der Waals surface area (Å²) in [5.41, 5.74) is 1.19. The molecule has 1 unspecified atom stereocenters. The van der Waals surface area contributed by atoms with Gasteiger partial charge in [-0.15, -0.1) is 0 Å². The van der Waals surface area contributed by atoms with Crippen molar-refractivity contribution in [3.63, 3.8) is 0 Å². The van der Waals surface area contributed by atoms with E-state index in [9.17, 15) is 8.78 Å². The van der Waals surface area contributed by atoms with Gasteiger partial charge in [0.15, 0.2) is 0 Å². The molecule has 1 aliphatic rings. The number of alkyl halides is 2. The van der Waals surface area contributed by atoms with Gasteiger partial charge < -0.3 is 5.32 Å². The normalized spacial score (nSPS) is 19.7. The Bertz CT molecular complexity index is 594. The smallest absolute Gasteiger partial charge is 0.290 e. The number of nitrogens with one attached hydrogen (secondary N) is 1. The SMILES string of the molecule is CC#Cc1cc(C)nc(NC2C=CC=CC2(F)F)n1. The first-order chi connectivity index (χ1) is 9.01. The van der Waals surface area contributed by atoms with Gasteiger partial charge in [-0.3, -0.25) is 0 Å². The van der Waals surface area contributed by atoms with Crippen LogP contribution in [-0.2, 0) is 0 Å². The largest absolute Gasteiger partial charge is 0.342 e. The zero-order chi connectivity index (χ0) is 13.9. The van der Waals surface area contributed by atoms with Crippen molar-refractivity contribution in [1.82, 2.24) is 9.97 Å². The molecular formula is C14H13F2N3. The van der Waals surface area contributed by atoms with Gasteiger partial charge in [-0.2, -0.15) is 8.78 Å². The fourth-order valence-electron chi connectivity index (χ4n) is 1.70. The second-order valence-electron chi connectivity index (χ2n) is 4.13. The monoisotopic (exact) mass is 261 g/mol. The lowest BCUT2D eigenvalue weighted by Crippen LogP contribution is -2.38. The van der Waals surface area contributed by atoms with Gasteiger partial charge in [-0.25, -0.2) is 9.97 Å². The first kappa shape index (κ1) is 13.2. The summed E-state index contributed by atoms with van der Waals surface area (Å²) in [5, 5.41) is 2.63. The number of halogens is 2. The molecule has 0 aliphatic heterocycles. The predicted octanol–water partition coefficient (Wildman–Crippen LogP) is 2.70. The van der Waals surface area contributed by atoms with E-state index in [1.54, 1.807) is 26.0 Å². The number of rotatable bonds is 2. The standard InChI is InChI=1S/C14H13F2N3/c1-3-6-11-9-10(2)17-13(18-11)19-12-7-4-5-8-14(12,15)16/h4-5,7-9,12H,1-2H3,(H,17,18,19). The fourth-order valence-corrected chi connectivity index (χ4v) is 1.70. The molecule has 0 spiro atoms. The van der Waals surface area contributed by atoms with E-state index in [0.717, 1.165) is 6.08 Å². The molecule has 0 aromatic carbocycles. The van der Waals surface area contributed by atoms with Gasteiger partial charge in [0.1, 0.15) is 11.7 Å². The van der Waals surface area contributed by atoms with Crippen LogP contribution in [0.5, 0.6) is 0 Å². The molecule has 1 aromatic rings. The van der Waals surface area contributed by atoms with Crippen LogP contribution in [-0.4, -0.2) is 21.9 Å². The first-order valence-corrected chi connectivity index (χ1v) is 5.80. The highest BCUT2D eigenvalue weighted by Gasteiger charge is 2.36. The molecule has 1 N–H and O–H groups in total. The number of anilines is 1. The molecule has 0 radical (unpaired) electrons. The van der Waals surface area contributed by atoms with Crippen molar-refractivity contribution < 1.29 is 8.78 Å². The Morgan fingerprint density at radius 2 is 2.11 bits per heavy atom. The summed E-state index contributed by atoms with van der Waals surface area (Å²) in [6.45, 7) is 3.45. The van der Waals surface area contributed by atoms with Crippen LogP contribution in [0.15, 0.2) is 30.4 Å². The van der Waals surface area contributed by atoms with Crippen LogP contribution >= 0.6 is 0 Å². The second-order valence-corrected chi connectivity index (χ2v) is 4.13. The third-order valence-electron chi connectivity index (χ3n) is 2.54. The summed E-state index contributed by atoms with van der Waals surface area (Å²) in [7, 11) is 0. The van der Waals surface area contributed by atoms with Crippen LogP contribution in [0.4, 0.5) is 14.7 Å². The number of hydrogen-bond donors (Lipinski definition) is 1. The van der Waals surface area contributed by atoms with Crippen LogP contribution in [0.3, 0.4) is 0 Å². The molecule has 0 saturated heterocycles. The highest BCUT2D eigenvalue weighted by atomic mass is 19.3. The average Bonchev–Trinajstić information content (AvgIpc) is 2.31. The third kappa shape index (κ3) is 3.16. The Labute approximate surface area is 110 Å². The van der Waals surface area contributed by atoms with Gasteiger partial charge in [-0.1, -0.05) is 24.1 Å². The highest BCUT2D eigenvalue weighted by Crippen LogP contribution is 2.26. The molecule has 0 bridgehead atoms. The quantitative estimate of drug-likeness (QED) is 0.832. The van der Waals surface area contributed by atoms with Crippen molar-refractivity contribution in [2.24, 2.45) is 0 Å². The number of aromatic nitrogens is 2. The van der Waals surface area contributed by atoms with Gasteiger partial charge in [0.05, 0.1) is 0 Å². The van der Waals surface area contributed by atoms with Gasteiger partial charge >= 0.3 is 0 Å². The summed E-state index contributed by atoms with van der Waals surface area (Å²) in [6.07, 6.45) is 5.13. The van der Waals surface area contributed by atoms with Crippen molar-refractivity contribution in [2.75, 3.05) is 5.32 Å². The van der Waals surface area contributed by atoms with Gasteiger partial charge in [-0.05, 0) is 31.9 Å². The number of allylic oxidation sites excluding steroid dienone is 2. The zero-order valence-corrected chi connectivity index (χ0v) is 10.6. The van der Waals surface area contributed by atoms with Crippen LogP contribution in [0, 0.1) is 18.8 Å². The van der Waals surface area contributed by atoms with Crippen molar-refractivity contribution in [3.8, 4) is 11.8 Å². The summed E-state index contributed by atoms with van der Waals surface area (Å²) >= 11 is 0. The topological polar surface area (TPSA) is 37.8 Å². The van der Waals surface area contributed by atoms with E-state index in [2.05, 4.69) is 27.1 Å². The van der Waals surface area contributed by atoms with Crippen LogP contribution < -0.4 is 5.32 Å². The maximum Gasteiger partial charge on any atom is 0.290 e. The molecule has 0 saturated carbocycles. The molecule has 1 heterocycles. The average molecular weight is 261 g/mol. The van der Waals surface area contributed by atoms with E-state index in [-0.39, 0.29) is 5.95 Å². The second kappa shape index (κ2) is 5.19. The molecule has 19 heavy (non-hydrogen) atoms. The Hall–Kier alpha value is -2.22. The molecule has 5 heteroatoms. The Kier molecular flexibility index (Phi) is 3.61. The molecule has 0 fully saturated rings. The lowest BCUT2D eigenvalue weighted by atomic mass is 10.1. The number of aryl methyl sites for hydroxylation is 1. The summed E-state index contributed by atoms with van der Waals surface area (Å²) in [4.78, 5) is 8.19. The predicted molar refractivity (Wildman–Crippen MR) is 70.0 cm³/mol. The first-order valence-electron chi connectivity index (χ1n) is 5.80. The Balaban J connectivity index is 2.25. The lowest BCUT2D eigenvalue weighted by molar-refractivity contribution is 0.0464. The molecule has 1 aliphatic carbocycles. The number of nitrogens with zero attached hydrogens (tertiary/aromatic N) is 2. The van der Waals surface area contributed by atoms with E-state index in [1.165, 1.54) is 12.2 Å². The van der Waals surface area contributed by atoms with Crippen molar-refractivity contribution in [3.05, 3.63) is 41.8 Å². The van der Waals surface area contributed by atoms with Gasteiger partial charge in [0.2, 0.25) is 5.95 Å². The molecule has 2 rings (SSSR count). The van der Waals surface area contributed by atoms with Crippen molar-refractivity contribution in [1.29, 1.82) is 0 Å². The van der Waals surface area contributed by atoms with Crippen LogP contribution in [0.2, 0.25) is 0 Å². The van der Waals surface area contributed by atoms with Crippen LogP contribution in [0.25, 0.3) is 0 Å². The number of hydrogen-bond acceptors (Lipinski definition) is 3. The van der Waals surface area contributed by atoms with E-state index < -0.39 is 12.0 Å². The van der Waals surface area contributed by atoms with Crippen LogP contribution in [0.1, 0.15) is 18.3 Å². The van der Waals surface area contributed by atoms with Crippen molar-refractivity contribution in [2.45, 2.75) is 25.8 Å².